The molecule has 1 fully saturated rings. The summed E-state index contributed by atoms with van der Waals surface area (Å²) in [5.74, 6) is 0. The highest BCUT2D eigenvalue weighted by Crippen LogP contribution is 2.04. The van der Waals surface area contributed by atoms with Crippen LogP contribution in [0.25, 0.3) is 0 Å². The maximum Gasteiger partial charge on any atom is 0.317 e. The molecular weight excluding hydrogens is 216 g/mol. The molecule has 17 heavy (non-hydrogen) atoms. The van der Waals surface area contributed by atoms with Gasteiger partial charge in [0, 0.05) is 32.7 Å². The highest BCUT2D eigenvalue weighted by Gasteiger charge is 2.19. The zero-order chi connectivity index (χ0) is 12.5. The molecule has 5 heteroatoms. The number of carbonyl (C=O) groups is 1. The van der Waals surface area contributed by atoms with Gasteiger partial charge in [-0.05, 0) is 32.9 Å². The fraction of sp³-hybridized carbons (Fsp3) is 0.917. The first-order valence-corrected chi connectivity index (χ1v) is 6.73. The molecule has 1 heterocycles. The Morgan fingerprint density at radius 1 is 1.18 bits per heavy atom. The van der Waals surface area contributed by atoms with Crippen LogP contribution in [0.1, 0.15) is 26.2 Å². The van der Waals surface area contributed by atoms with Crippen molar-refractivity contribution in [2.24, 2.45) is 5.73 Å². The van der Waals surface area contributed by atoms with Crippen LogP contribution in [0.15, 0.2) is 0 Å². The van der Waals surface area contributed by atoms with Gasteiger partial charge in [0.05, 0.1) is 0 Å². The number of hydrogen-bond acceptors (Lipinski definition) is 3. The molecule has 0 aromatic heterocycles. The highest BCUT2D eigenvalue weighted by molar-refractivity contribution is 5.74. The fourth-order valence-corrected chi connectivity index (χ4v) is 2.09. The third kappa shape index (κ3) is 5.37. The zero-order valence-electron chi connectivity index (χ0n) is 11.0. The standard InChI is InChI=1S/C12H26N4O/c1-2-14-12(17)16-10-8-15(9-11-16)7-5-3-4-6-13/h2-11,13H2,1H3,(H,14,17). The van der Waals surface area contributed by atoms with Crippen molar-refractivity contribution in [2.75, 3.05) is 45.8 Å². The second-order valence-electron chi connectivity index (χ2n) is 4.51. The minimum Gasteiger partial charge on any atom is -0.338 e. The van der Waals surface area contributed by atoms with Crippen LogP contribution in [-0.4, -0.2) is 61.6 Å². The number of nitrogens with one attached hydrogen (secondary N) is 1. The quantitative estimate of drug-likeness (QED) is 0.665. The lowest BCUT2D eigenvalue weighted by Crippen LogP contribution is -2.51. The van der Waals surface area contributed by atoms with Crippen LogP contribution in [0, 0.1) is 0 Å². The number of piperazine rings is 1. The van der Waals surface area contributed by atoms with Crippen LogP contribution < -0.4 is 11.1 Å². The first-order valence-electron chi connectivity index (χ1n) is 6.73. The van der Waals surface area contributed by atoms with Crippen molar-refractivity contribution < 1.29 is 4.79 Å². The monoisotopic (exact) mass is 242 g/mol. The van der Waals surface area contributed by atoms with Crippen molar-refractivity contribution in [3.63, 3.8) is 0 Å². The molecule has 100 valence electrons. The zero-order valence-corrected chi connectivity index (χ0v) is 11.0. The molecule has 1 saturated heterocycles. The molecule has 0 spiro atoms. The van der Waals surface area contributed by atoms with E-state index >= 15 is 0 Å². The summed E-state index contributed by atoms with van der Waals surface area (Å²) in [4.78, 5) is 15.9. The molecule has 0 aromatic rings. The van der Waals surface area contributed by atoms with E-state index in [1.165, 1.54) is 12.8 Å². The van der Waals surface area contributed by atoms with Gasteiger partial charge in [-0.25, -0.2) is 4.79 Å². The number of rotatable bonds is 6. The van der Waals surface area contributed by atoms with Crippen LogP contribution in [0.4, 0.5) is 4.79 Å². The van der Waals surface area contributed by atoms with E-state index in [9.17, 15) is 4.79 Å². The van der Waals surface area contributed by atoms with E-state index in [4.69, 9.17) is 5.73 Å². The van der Waals surface area contributed by atoms with E-state index in [1.807, 2.05) is 11.8 Å². The van der Waals surface area contributed by atoms with Gasteiger partial charge in [0.15, 0.2) is 0 Å². The summed E-state index contributed by atoms with van der Waals surface area (Å²) in [6.45, 7) is 8.29. The van der Waals surface area contributed by atoms with Gasteiger partial charge >= 0.3 is 6.03 Å². The molecule has 3 N–H and O–H groups in total. The number of urea groups is 1. The molecular formula is C12H26N4O. The topological polar surface area (TPSA) is 61.6 Å². The Kier molecular flexibility index (Phi) is 6.96. The fourth-order valence-electron chi connectivity index (χ4n) is 2.09. The maximum absolute atomic E-state index is 11.6. The van der Waals surface area contributed by atoms with E-state index in [0.717, 1.165) is 45.7 Å². The van der Waals surface area contributed by atoms with E-state index in [1.54, 1.807) is 0 Å². The van der Waals surface area contributed by atoms with Gasteiger partial charge in [-0.1, -0.05) is 6.42 Å². The largest absolute Gasteiger partial charge is 0.338 e. The number of nitrogens with zero attached hydrogens (tertiary/aromatic N) is 2. The normalized spacial score (nSPS) is 17.2. The van der Waals surface area contributed by atoms with E-state index in [-0.39, 0.29) is 6.03 Å². The third-order valence-electron chi connectivity index (χ3n) is 3.17. The molecule has 0 radical (unpaired) electrons. The summed E-state index contributed by atoms with van der Waals surface area (Å²) < 4.78 is 0. The van der Waals surface area contributed by atoms with Gasteiger partial charge in [0.1, 0.15) is 0 Å². The maximum atomic E-state index is 11.6. The van der Waals surface area contributed by atoms with Crippen molar-refractivity contribution in [1.82, 2.24) is 15.1 Å². The Morgan fingerprint density at radius 2 is 1.88 bits per heavy atom. The molecule has 0 bridgehead atoms. The average Bonchev–Trinajstić information content (AvgIpc) is 2.36. The molecule has 1 rings (SSSR count). The SMILES string of the molecule is CCNC(=O)N1CCN(CCCCCN)CC1. The molecule has 0 unspecified atom stereocenters. The van der Waals surface area contributed by atoms with Crippen LogP contribution in [0.3, 0.4) is 0 Å². The van der Waals surface area contributed by atoms with E-state index in [0.29, 0.717) is 6.54 Å². The molecule has 0 saturated carbocycles. The van der Waals surface area contributed by atoms with Gasteiger partial charge in [-0.3, -0.25) is 4.90 Å². The third-order valence-corrected chi connectivity index (χ3v) is 3.17. The minimum atomic E-state index is 0.0790. The summed E-state index contributed by atoms with van der Waals surface area (Å²) in [5, 5.41) is 2.84. The van der Waals surface area contributed by atoms with E-state index in [2.05, 4.69) is 10.2 Å². The summed E-state index contributed by atoms with van der Waals surface area (Å²) in [6, 6.07) is 0.0790. The van der Waals surface area contributed by atoms with Crippen molar-refractivity contribution in [3.8, 4) is 0 Å². The first kappa shape index (κ1) is 14.3. The molecule has 2 amide bonds. The second-order valence-corrected chi connectivity index (χ2v) is 4.51. The van der Waals surface area contributed by atoms with E-state index < -0.39 is 0 Å². The van der Waals surface area contributed by atoms with Crippen molar-refractivity contribution in [1.29, 1.82) is 0 Å². The number of unbranched alkanes of at least 4 members (excludes halogenated alkanes) is 2. The van der Waals surface area contributed by atoms with Gasteiger partial charge in [0.2, 0.25) is 0 Å². The molecule has 5 nitrogen and oxygen atoms in total. The van der Waals surface area contributed by atoms with Gasteiger partial charge in [-0.15, -0.1) is 0 Å². The average molecular weight is 242 g/mol. The summed E-state index contributed by atoms with van der Waals surface area (Å²) in [6.07, 6.45) is 3.56. The second kappa shape index (κ2) is 8.31. The molecule has 0 atom stereocenters. The Labute approximate surface area is 104 Å². The van der Waals surface area contributed by atoms with Crippen molar-refractivity contribution in [3.05, 3.63) is 0 Å². The van der Waals surface area contributed by atoms with Crippen molar-refractivity contribution >= 4 is 6.03 Å². The summed E-state index contributed by atoms with van der Waals surface area (Å²) in [5.41, 5.74) is 5.46. The molecule has 0 aromatic carbocycles. The smallest absolute Gasteiger partial charge is 0.317 e. The van der Waals surface area contributed by atoms with Gasteiger partial charge in [0.25, 0.3) is 0 Å². The molecule has 1 aliphatic heterocycles. The highest BCUT2D eigenvalue weighted by atomic mass is 16.2. The Morgan fingerprint density at radius 3 is 2.47 bits per heavy atom. The minimum absolute atomic E-state index is 0.0790. The van der Waals surface area contributed by atoms with Crippen LogP contribution in [0.5, 0.6) is 0 Å². The lowest BCUT2D eigenvalue weighted by molar-refractivity contribution is 0.138. The van der Waals surface area contributed by atoms with Gasteiger partial charge in [-0.2, -0.15) is 0 Å². The Bertz CT molecular complexity index is 215. The van der Waals surface area contributed by atoms with Crippen LogP contribution in [0.2, 0.25) is 0 Å². The Hall–Kier alpha value is -0.810. The lowest BCUT2D eigenvalue weighted by Gasteiger charge is -2.34. The molecule has 1 aliphatic rings. The number of hydrogen-bond donors (Lipinski definition) is 2. The van der Waals surface area contributed by atoms with Crippen LogP contribution >= 0.6 is 0 Å². The number of nitrogens with two attached hydrogens (primary N) is 1. The first-order chi connectivity index (χ1) is 8.27. The van der Waals surface area contributed by atoms with Gasteiger partial charge < -0.3 is 16.0 Å². The number of amides is 2. The number of carbonyl (C=O) groups excluding carboxylic acids is 1. The predicted octanol–water partition coefficient (Wildman–Crippen LogP) is 0.463. The Balaban J connectivity index is 2.11. The summed E-state index contributed by atoms with van der Waals surface area (Å²) >= 11 is 0. The summed E-state index contributed by atoms with van der Waals surface area (Å²) in [7, 11) is 0. The van der Waals surface area contributed by atoms with Crippen molar-refractivity contribution in [2.45, 2.75) is 26.2 Å². The molecule has 0 aliphatic carbocycles. The lowest BCUT2D eigenvalue weighted by atomic mass is 10.2. The predicted molar refractivity (Wildman–Crippen MR) is 70.0 cm³/mol. The van der Waals surface area contributed by atoms with Crippen LogP contribution in [-0.2, 0) is 0 Å².